The van der Waals surface area contributed by atoms with Crippen LogP contribution in [0, 0.1) is 0 Å². The lowest BCUT2D eigenvalue weighted by Gasteiger charge is -2.34. The molecule has 2 fully saturated rings. The second-order valence-electron chi connectivity index (χ2n) is 6.50. The van der Waals surface area contributed by atoms with Crippen molar-refractivity contribution in [1.29, 1.82) is 0 Å². The number of ether oxygens (including phenoxy) is 1. The van der Waals surface area contributed by atoms with Gasteiger partial charge in [-0.3, -0.25) is 19.3 Å². The molecule has 0 bridgehead atoms. The number of rotatable bonds is 7. The molecule has 0 aromatic heterocycles. The minimum absolute atomic E-state index is 0.166. The van der Waals surface area contributed by atoms with Gasteiger partial charge in [0.1, 0.15) is 5.75 Å². The third-order valence-electron chi connectivity index (χ3n) is 4.57. The van der Waals surface area contributed by atoms with Gasteiger partial charge < -0.3 is 15.0 Å². The lowest BCUT2D eigenvalue weighted by molar-refractivity contribution is -0.140. The van der Waals surface area contributed by atoms with Gasteiger partial charge in [-0.2, -0.15) is 0 Å². The Balaban J connectivity index is 1.35. The Morgan fingerprint density at radius 2 is 1.73 bits per heavy atom. The van der Waals surface area contributed by atoms with Crippen LogP contribution in [0.5, 0.6) is 5.75 Å². The van der Waals surface area contributed by atoms with Crippen LogP contribution in [0.4, 0.5) is 0 Å². The molecule has 0 spiro atoms. The van der Waals surface area contributed by atoms with Gasteiger partial charge in [-0.05, 0) is 37.1 Å². The molecule has 1 aromatic carbocycles. The van der Waals surface area contributed by atoms with Crippen LogP contribution in [0.3, 0.4) is 0 Å². The van der Waals surface area contributed by atoms with Crippen molar-refractivity contribution in [2.45, 2.75) is 18.9 Å². The first-order chi connectivity index (χ1) is 12.5. The summed E-state index contributed by atoms with van der Waals surface area (Å²) in [6, 6.07) is 7.17. The number of carbonyl (C=O) groups excluding carboxylic acids is 3. The van der Waals surface area contributed by atoms with E-state index in [4.69, 9.17) is 16.3 Å². The Kier molecular flexibility index (Phi) is 6.11. The third-order valence-corrected chi connectivity index (χ3v) is 4.82. The first-order valence-corrected chi connectivity index (χ1v) is 9.12. The fourth-order valence-electron chi connectivity index (χ4n) is 2.89. The number of benzene rings is 1. The molecule has 1 N–H and O–H groups in total. The van der Waals surface area contributed by atoms with E-state index < -0.39 is 11.7 Å². The van der Waals surface area contributed by atoms with Crippen molar-refractivity contribution < 1.29 is 19.1 Å². The number of hydrogen-bond donors (Lipinski definition) is 1. The van der Waals surface area contributed by atoms with Crippen LogP contribution >= 0.6 is 11.6 Å². The summed E-state index contributed by atoms with van der Waals surface area (Å²) in [6.45, 7) is 2.52. The van der Waals surface area contributed by atoms with Crippen molar-refractivity contribution >= 4 is 29.2 Å². The fraction of sp³-hybridized carbons (Fsp3) is 0.500. The van der Waals surface area contributed by atoms with Gasteiger partial charge >= 0.3 is 0 Å². The Bertz CT molecular complexity index is 668. The number of amides is 2. The Morgan fingerprint density at radius 3 is 2.35 bits per heavy atom. The van der Waals surface area contributed by atoms with Gasteiger partial charge in [-0.15, -0.1) is 0 Å². The van der Waals surface area contributed by atoms with E-state index >= 15 is 0 Å². The Morgan fingerprint density at radius 1 is 1.08 bits per heavy atom. The largest absolute Gasteiger partial charge is 0.485 e. The van der Waals surface area contributed by atoms with Crippen molar-refractivity contribution in [3.63, 3.8) is 0 Å². The first kappa shape index (κ1) is 18.7. The molecule has 1 saturated heterocycles. The fourth-order valence-corrected chi connectivity index (χ4v) is 3.01. The maximum absolute atomic E-state index is 12.2. The molecule has 26 heavy (non-hydrogen) atoms. The lowest BCUT2D eigenvalue weighted by atomic mass is 10.3. The van der Waals surface area contributed by atoms with Gasteiger partial charge in [0.15, 0.2) is 6.61 Å². The average Bonchev–Trinajstić information content (AvgIpc) is 3.50. The van der Waals surface area contributed by atoms with Gasteiger partial charge in [0.05, 0.1) is 6.54 Å². The number of hydrogen-bond acceptors (Lipinski definition) is 5. The smallest absolute Gasteiger partial charge is 0.291 e. The summed E-state index contributed by atoms with van der Waals surface area (Å²) in [4.78, 5) is 39.9. The van der Waals surface area contributed by atoms with Crippen LogP contribution in [0.1, 0.15) is 12.8 Å². The minimum atomic E-state index is -0.816. The normalized spacial score (nSPS) is 17.7. The average molecular weight is 380 g/mol. The number of piperazine rings is 1. The monoisotopic (exact) mass is 379 g/mol. The summed E-state index contributed by atoms with van der Waals surface area (Å²) in [7, 11) is 0. The number of nitrogens with zero attached hydrogens (tertiary/aromatic N) is 2. The molecule has 140 valence electrons. The van der Waals surface area contributed by atoms with E-state index in [-0.39, 0.29) is 19.1 Å². The van der Waals surface area contributed by atoms with Crippen molar-refractivity contribution in [3.8, 4) is 5.75 Å². The van der Waals surface area contributed by atoms with Crippen molar-refractivity contribution in [2.75, 3.05) is 39.3 Å². The molecular weight excluding hydrogens is 358 g/mol. The highest BCUT2D eigenvalue weighted by atomic mass is 35.5. The maximum Gasteiger partial charge on any atom is 0.291 e. The third kappa shape index (κ3) is 5.19. The molecule has 0 radical (unpaired) electrons. The highest BCUT2D eigenvalue weighted by Gasteiger charge is 2.32. The summed E-state index contributed by atoms with van der Waals surface area (Å²) in [6.07, 6.45) is 2.51. The maximum atomic E-state index is 12.2. The number of halogens is 1. The zero-order valence-corrected chi connectivity index (χ0v) is 15.2. The standard InChI is InChI=1S/C18H22ClN3O4/c19-13-1-5-15(6-2-13)26-12-16(23)18(25)20-11-17(24)22-9-7-21(8-10-22)14-3-4-14/h1-2,5-6,14H,3-4,7-12H2,(H,20,25). The van der Waals surface area contributed by atoms with E-state index in [0.29, 0.717) is 29.9 Å². The van der Waals surface area contributed by atoms with Gasteiger partial charge in [0, 0.05) is 37.2 Å². The molecule has 2 aliphatic rings. The second kappa shape index (κ2) is 8.51. The summed E-state index contributed by atoms with van der Waals surface area (Å²) in [5.74, 6) is -1.27. The molecule has 1 aromatic rings. The highest BCUT2D eigenvalue weighted by molar-refractivity contribution is 6.37. The SMILES string of the molecule is O=C(COc1ccc(Cl)cc1)C(=O)NCC(=O)N1CCN(C2CC2)CC1. The molecule has 7 nitrogen and oxygen atoms in total. The number of carbonyl (C=O) groups is 3. The molecule has 2 amide bonds. The summed E-state index contributed by atoms with van der Waals surface area (Å²) in [5, 5.41) is 2.93. The summed E-state index contributed by atoms with van der Waals surface area (Å²) >= 11 is 5.76. The molecule has 3 rings (SSSR count). The van der Waals surface area contributed by atoms with Gasteiger partial charge in [-0.1, -0.05) is 11.6 Å². The van der Waals surface area contributed by atoms with Crippen molar-refractivity contribution in [3.05, 3.63) is 29.3 Å². The Hall–Kier alpha value is -2.12. The van der Waals surface area contributed by atoms with Crippen LogP contribution in [0.2, 0.25) is 5.02 Å². The number of ketones is 1. The van der Waals surface area contributed by atoms with E-state index in [1.54, 1.807) is 29.2 Å². The zero-order valence-electron chi connectivity index (χ0n) is 14.4. The first-order valence-electron chi connectivity index (χ1n) is 8.74. The van der Waals surface area contributed by atoms with Gasteiger partial charge in [-0.25, -0.2) is 0 Å². The van der Waals surface area contributed by atoms with E-state index in [9.17, 15) is 14.4 Å². The molecule has 0 unspecified atom stereocenters. The minimum Gasteiger partial charge on any atom is -0.485 e. The lowest BCUT2D eigenvalue weighted by Crippen LogP contribution is -2.52. The van der Waals surface area contributed by atoms with Crippen LogP contribution in [0.25, 0.3) is 0 Å². The van der Waals surface area contributed by atoms with E-state index in [1.807, 2.05) is 0 Å². The predicted octanol–water partition coefficient (Wildman–Crippen LogP) is 0.711. The van der Waals surface area contributed by atoms with E-state index in [1.165, 1.54) is 12.8 Å². The molecule has 1 heterocycles. The molecular formula is C18H22ClN3O4. The second-order valence-corrected chi connectivity index (χ2v) is 6.93. The van der Waals surface area contributed by atoms with Crippen molar-refractivity contribution in [2.24, 2.45) is 0 Å². The van der Waals surface area contributed by atoms with E-state index in [0.717, 1.165) is 13.1 Å². The van der Waals surface area contributed by atoms with Gasteiger partial charge in [0.2, 0.25) is 5.91 Å². The summed E-state index contributed by atoms with van der Waals surface area (Å²) < 4.78 is 5.24. The molecule has 1 aliphatic carbocycles. The van der Waals surface area contributed by atoms with Crippen LogP contribution in [0.15, 0.2) is 24.3 Å². The van der Waals surface area contributed by atoms with E-state index in [2.05, 4.69) is 10.2 Å². The number of nitrogens with one attached hydrogen (secondary N) is 1. The van der Waals surface area contributed by atoms with Crippen LogP contribution in [-0.4, -0.2) is 72.8 Å². The topological polar surface area (TPSA) is 78.9 Å². The Labute approximate surface area is 157 Å². The molecule has 8 heteroatoms. The quantitative estimate of drug-likeness (QED) is 0.706. The van der Waals surface area contributed by atoms with Crippen LogP contribution < -0.4 is 10.1 Å². The summed E-state index contributed by atoms with van der Waals surface area (Å²) in [5.41, 5.74) is 0. The molecule has 1 aliphatic heterocycles. The van der Waals surface area contributed by atoms with Crippen LogP contribution in [-0.2, 0) is 14.4 Å². The highest BCUT2D eigenvalue weighted by Crippen LogP contribution is 2.27. The van der Waals surface area contributed by atoms with Crippen molar-refractivity contribution in [1.82, 2.24) is 15.1 Å². The number of Topliss-reactive ketones (excluding diaryl/α,β-unsaturated/α-hetero) is 1. The zero-order chi connectivity index (χ0) is 18.5. The molecule has 0 atom stereocenters. The predicted molar refractivity (Wildman–Crippen MR) is 96.1 cm³/mol. The molecule has 1 saturated carbocycles. The van der Waals surface area contributed by atoms with Gasteiger partial charge in [0.25, 0.3) is 11.7 Å².